The van der Waals surface area contributed by atoms with Gasteiger partial charge in [0.25, 0.3) is 11.1 Å². The van der Waals surface area contributed by atoms with Gasteiger partial charge in [-0.15, -0.1) is 0 Å². The number of furan rings is 1. The summed E-state index contributed by atoms with van der Waals surface area (Å²) >= 11 is 6.77. The molecule has 0 N–H and O–H groups in total. The first-order chi connectivity index (χ1) is 16.4. The van der Waals surface area contributed by atoms with Crippen molar-refractivity contribution in [2.45, 2.75) is 13.5 Å². The van der Waals surface area contributed by atoms with E-state index in [0.717, 1.165) is 16.7 Å². The predicted octanol–water partition coefficient (Wildman–Crippen LogP) is 5.93. The maximum absolute atomic E-state index is 14.1. The lowest BCUT2D eigenvalue weighted by Gasteiger charge is -2.14. The van der Waals surface area contributed by atoms with Crippen molar-refractivity contribution in [3.05, 3.63) is 87.4 Å². The van der Waals surface area contributed by atoms with Crippen LogP contribution in [0, 0.1) is 5.82 Å². The van der Waals surface area contributed by atoms with Crippen molar-refractivity contribution >= 4 is 46.6 Å². The molecule has 3 aromatic rings. The Balaban J connectivity index is 1.56. The summed E-state index contributed by atoms with van der Waals surface area (Å²) in [5.41, 5.74) is 0.602. The van der Waals surface area contributed by atoms with Gasteiger partial charge in [-0.25, -0.2) is 9.18 Å². The number of carbonyl (C=O) groups is 3. The molecule has 1 saturated heterocycles. The van der Waals surface area contributed by atoms with Gasteiger partial charge in [0, 0.05) is 10.6 Å². The molecule has 2 aromatic carbocycles. The number of hydrogen-bond acceptors (Lipinski definition) is 7. The van der Waals surface area contributed by atoms with E-state index in [-0.39, 0.29) is 39.3 Å². The first kappa shape index (κ1) is 23.6. The Kier molecular flexibility index (Phi) is 7.04. The highest BCUT2D eigenvalue weighted by molar-refractivity contribution is 8.18. The third-order valence-electron chi connectivity index (χ3n) is 4.74. The molecule has 4 rings (SSSR count). The van der Waals surface area contributed by atoms with Crippen LogP contribution in [0.25, 0.3) is 6.08 Å². The molecule has 0 spiro atoms. The van der Waals surface area contributed by atoms with Gasteiger partial charge in [-0.3, -0.25) is 14.5 Å². The number of halogens is 2. The highest BCUT2D eigenvalue weighted by Crippen LogP contribution is 2.36. The molecule has 0 aliphatic carbocycles. The van der Waals surface area contributed by atoms with E-state index < -0.39 is 22.9 Å². The monoisotopic (exact) mass is 501 g/mol. The fourth-order valence-corrected chi connectivity index (χ4v) is 4.20. The van der Waals surface area contributed by atoms with Crippen molar-refractivity contribution in [2.24, 2.45) is 0 Å². The van der Waals surface area contributed by atoms with Crippen LogP contribution in [-0.4, -0.2) is 28.6 Å². The topological polar surface area (TPSA) is 86.0 Å². The van der Waals surface area contributed by atoms with E-state index in [4.69, 9.17) is 25.5 Å². The summed E-state index contributed by atoms with van der Waals surface area (Å²) in [6.07, 6.45) is 2.87. The number of carbonyl (C=O) groups excluding carboxylic acids is 3. The average molecular weight is 502 g/mol. The van der Waals surface area contributed by atoms with Crippen LogP contribution in [-0.2, 0) is 11.3 Å². The molecule has 1 aliphatic rings. The average Bonchev–Trinajstić information content (AvgIpc) is 3.43. The fraction of sp³-hybridized carbons (Fsp3) is 0.125. The smallest absolute Gasteiger partial charge is 0.379 e. The number of benzene rings is 2. The molecule has 0 bridgehead atoms. The van der Waals surface area contributed by atoms with Crippen LogP contribution in [0.2, 0.25) is 5.02 Å². The number of imide groups is 1. The van der Waals surface area contributed by atoms with Crippen molar-refractivity contribution in [3.8, 4) is 11.5 Å². The number of ether oxygens (including phenoxy) is 2. The molecule has 7 nitrogen and oxygen atoms in total. The molecule has 0 atom stereocenters. The summed E-state index contributed by atoms with van der Waals surface area (Å²) in [7, 11) is 0. The predicted molar refractivity (Wildman–Crippen MR) is 124 cm³/mol. The second-order valence-corrected chi connectivity index (χ2v) is 8.37. The van der Waals surface area contributed by atoms with Gasteiger partial charge in [0.1, 0.15) is 5.82 Å². The van der Waals surface area contributed by atoms with E-state index >= 15 is 0 Å². The third-order valence-corrected chi connectivity index (χ3v) is 6.00. The number of amides is 2. The number of rotatable bonds is 7. The minimum atomic E-state index is -0.688. The fourth-order valence-electron chi connectivity index (χ4n) is 3.14. The summed E-state index contributed by atoms with van der Waals surface area (Å²) in [6.45, 7) is 1.79. The number of thioether (sulfide) groups is 1. The van der Waals surface area contributed by atoms with Gasteiger partial charge in [-0.05, 0) is 66.7 Å². The van der Waals surface area contributed by atoms with E-state index in [1.807, 2.05) is 0 Å². The second kappa shape index (κ2) is 10.1. The summed E-state index contributed by atoms with van der Waals surface area (Å²) in [5.74, 6) is -1.38. The van der Waals surface area contributed by atoms with Gasteiger partial charge in [0.15, 0.2) is 11.5 Å². The lowest BCUT2D eigenvalue weighted by Crippen LogP contribution is -2.28. The SMILES string of the molecule is CCOc1cc(/C=C2\SC(=O)N(Cc3c(F)cccc3Cl)C2=O)ccc1OC(=O)c1ccco1. The van der Waals surface area contributed by atoms with E-state index in [1.165, 1.54) is 42.7 Å². The van der Waals surface area contributed by atoms with Crippen molar-refractivity contribution in [2.75, 3.05) is 6.61 Å². The Hall–Kier alpha value is -3.56. The first-order valence-electron chi connectivity index (χ1n) is 10.1. The minimum Gasteiger partial charge on any atom is -0.490 e. The van der Waals surface area contributed by atoms with Crippen LogP contribution in [0.5, 0.6) is 11.5 Å². The molecule has 2 heterocycles. The molecule has 1 fully saturated rings. The van der Waals surface area contributed by atoms with Crippen molar-refractivity contribution in [3.63, 3.8) is 0 Å². The summed E-state index contributed by atoms with van der Waals surface area (Å²) < 4.78 is 30.1. The molecule has 2 amide bonds. The lowest BCUT2D eigenvalue weighted by atomic mass is 10.1. The van der Waals surface area contributed by atoms with E-state index in [1.54, 1.807) is 25.1 Å². The zero-order valence-corrected chi connectivity index (χ0v) is 19.3. The molecule has 10 heteroatoms. The van der Waals surface area contributed by atoms with Gasteiger partial charge in [-0.2, -0.15) is 0 Å². The summed E-state index contributed by atoms with van der Waals surface area (Å²) in [4.78, 5) is 38.6. The van der Waals surface area contributed by atoms with Crippen LogP contribution in [0.4, 0.5) is 9.18 Å². The zero-order valence-electron chi connectivity index (χ0n) is 17.7. The van der Waals surface area contributed by atoms with Gasteiger partial charge in [0.2, 0.25) is 5.76 Å². The maximum Gasteiger partial charge on any atom is 0.379 e. The van der Waals surface area contributed by atoms with Crippen LogP contribution < -0.4 is 9.47 Å². The zero-order chi connectivity index (χ0) is 24.2. The molecule has 34 heavy (non-hydrogen) atoms. The molecule has 1 aromatic heterocycles. The van der Waals surface area contributed by atoms with Gasteiger partial charge in [0.05, 0.1) is 24.3 Å². The molecular formula is C24H17ClFNO6S. The number of esters is 1. The number of hydrogen-bond donors (Lipinski definition) is 0. The standard InChI is InChI=1S/C24H17ClFNO6S/c1-2-31-20-11-14(8-9-18(20)33-23(29)19-7-4-10-32-19)12-21-22(28)27(24(30)34-21)13-15-16(25)5-3-6-17(15)26/h3-12H,2,13H2,1H3/b21-12-. The Labute approximate surface area is 203 Å². The highest BCUT2D eigenvalue weighted by Gasteiger charge is 2.36. The van der Waals surface area contributed by atoms with Crippen molar-refractivity contribution < 1.29 is 32.7 Å². The van der Waals surface area contributed by atoms with Crippen LogP contribution >= 0.6 is 23.4 Å². The van der Waals surface area contributed by atoms with E-state index in [0.29, 0.717) is 12.2 Å². The Bertz CT molecular complexity index is 1270. The Morgan fingerprint density at radius 1 is 1.18 bits per heavy atom. The molecule has 0 unspecified atom stereocenters. The van der Waals surface area contributed by atoms with E-state index in [9.17, 15) is 18.8 Å². The second-order valence-electron chi connectivity index (χ2n) is 6.97. The molecule has 0 saturated carbocycles. The van der Waals surface area contributed by atoms with Gasteiger partial charge >= 0.3 is 5.97 Å². The van der Waals surface area contributed by atoms with E-state index in [2.05, 4.69) is 0 Å². The van der Waals surface area contributed by atoms with Crippen LogP contribution in [0.3, 0.4) is 0 Å². The Morgan fingerprint density at radius 3 is 2.71 bits per heavy atom. The highest BCUT2D eigenvalue weighted by atomic mass is 35.5. The normalized spacial score (nSPS) is 14.7. The molecule has 0 radical (unpaired) electrons. The van der Waals surface area contributed by atoms with Crippen LogP contribution in [0.1, 0.15) is 28.6 Å². The lowest BCUT2D eigenvalue weighted by molar-refractivity contribution is -0.123. The first-order valence-corrected chi connectivity index (χ1v) is 11.3. The number of nitrogens with zero attached hydrogens (tertiary/aromatic N) is 1. The molecular weight excluding hydrogens is 485 g/mol. The van der Waals surface area contributed by atoms with Gasteiger partial charge in [-0.1, -0.05) is 23.7 Å². The van der Waals surface area contributed by atoms with Gasteiger partial charge < -0.3 is 13.9 Å². The summed E-state index contributed by atoms with van der Waals surface area (Å²) in [5, 5.41) is -0.409. The Morgan fingerprint density at radius 2 is 2.00 bits per heavy atom. The largest absolute Gasteiger partial charge is 0.490 e. The molecule has 1 aliphatic heterocycles. The summed E-state index contributed by atoms with van der Waals surface area (Å²) in [6, 6.07) is 11.9. The van der Waals surface area contributed by atoms with Crippen LogP contribution in [0.15, 0.2) is 64.1 Å². The van der Waals surface area contributed by atoms with Crippen molar-refractivity contribution in [1.82, 2.24) is 4.90 Å². The van der Waals surface area contributed by atoms with Crippen molar-refractivity contribution in [1.29, 1.82) is 0 Å². The molecule has 174 valence electrons. The quantitative estimate of drug-likeness (QED) is 0.225. The maximum atomic E-state index is 14.1. The minimum absolute atomic E-state index is 0.0372. The third kappa shape index (κ3) is 5.00.